The molecule has 4 aromatic rings. The Morgan fingerprint density at radius 2 is 1.69 bits per heavy atom. The highest BCUT2D eigenvalue weighted by molar-refractivity contribution is 6.31. The number of phenols is 1. The first-order valence-corrected chi connectivity index (χ1v) is 8.56. The molecule has 0 bridgehead atoms. The maximum atomic E-state index is 10.4. The van der Waals surface area contributed by atoms with Crippen LogP contribution in [0.2, 0.25) is 5.02 Å². The highest BCUT2D eigenvalue weighted by Gasteiger charge is 2.15. The van der Waals surface area contributed by atoms with Crippen molar-refractivity contribution in [3.05, 3.63) is 77.9 Å². The molecule has 4 rings (SSSR count). The van der Waals surface area contributed by atoms with E-state index in [1.165, 1.54) is 0 Å². The van der Waals surface area contributed by atoms with Crippen molar-refractivity contribution in [3.8, 4) is 33.8 Å². The Morgan fingerprint density at radius 3 is 2.42 bits per heavy atom. The lowest BCUT2D eigenvalue weighted by Crippen LogP contribution is -1.91. The van der Waals surface area contributed by atoms with Crippen molar-refractivity contribution in [1.82, 2.24) is 4.98 Å². The number of rotatable bonds is 3. The highest BCUT2D eigenvalue weighted by atomic mass is 35.5. The molecule has 1 N–H and O–H groups in total. The first-order valence-electron chi connectivity index (χ1n) is 8.18. The Labute approximate surface area is 156 Å². The lowest BCUT2D eigenvalue weighted by atomic mass is 9.92. The maximum absolute atomic E-state index is 10.4. The second-order valence-corrected chi connectivity index (χ2v) is 6.39. The number of hydrogen-bond acceptors (Lipinski definition) is 3. The van der Waals surface area contributed by atoms with E-state index in [1.807, 2.05) is 54.6 Å². The van der Waals surface area contributed by atoms with Crippen LogP contribution in [0.1, 0.15) is 0 Å². The molecule has 0 fully saturated rings. The number of fused-ring (bicyclic) bond motifs is 1. The zero-order valence-electron chi connectivity index (χ0n) is 14.1. The number of phenolic OH excluding ortho intramolecular Hbond substituents is 1. The van der Waals surface area contributed by atoms with Gasteiger partial charge >= 0.3 is 0 Å². The molecule has 0 radical (unpaired) electrons. The molecule has 1 aromatic heterocycles. The number of methoxy groups -OCH3 is 1. The van der Waals surface area contributed by atoms with Gasteiger partial charge in [0.15, 0.2) is 0 Å². The van der Waals surface area contributed by atoms with Crippen molar-refractivity contribution in [2.75, 3.05) is 7.11 Å². The van der Waals surface area contributed by atoms with Gasteiger partial charge in [-0.3, -0.25) is 4.98 Å². The second-order valence-electron chi connectivity index (χ2n) is 5.95. The molecule has 0 saturated carbocycles. The van der Waals surface area contributed by atoms with Crippen LogP contribution >= 0.6 is 11.6 Å². The van der Waals surface area contributed by atoms with E-state index in [-0.39, 0.29) is 5.75 Å². The molecule has 0 unspecified atom stereocenters. The van der Waals surface area contributed by atoms with Gasteiger partial charge in [-0.25, -0.2) is 0 Å². The van der Waals surface area contributed by atoms with E-state index in [0.717, 1.165) is 38.9 Å². The van der Waals surface area contributed by atoms with Crippen molar-refractivity contribution in [1.29, 1.82) is 0 Å². The van der Waals surface area contributed by atoms with Gasteiger partial charge in [-0.15, -0.1) is 0 Å². The van der Waals surface area contributed by atoms with Gasteiger partial charge in [0.05, 0.1) is 12.6 Å². The van der Waals surface area contributed by atoms with Crippen molar-refractivity contribution >= 4 is 22.5 Å². The number of benzene rings is 3. The van der Waals surface area contributed by atoms with Crippen LogP contribution < -0.4 is 4.74 Å². The largest absolute Gasteiger partial charge is 0.507 e. The predicted octanol–water partition coefficient (Wildman–Crippen LogP) is 5.94. The van der Waals surface area contributed by atoms with Gasteiger partial charge < -0.3 is 9.84 Å². The monoisotopic (exact) mass is 361 g/mol. The fraction of sp³-hybridized carbons (Fsp3) is 0.0455. The van der Waals surface area contributed by atoms with Crippen LogP contribution in [-0.2, 0) is 0 Å². The summed E-state index contributed by atoms with van der Waals surface area (Å²) in [5.74, 6) is 1.01. The van der Waals surface area contributed by atoms with Crippen LogP contribution in [0.5, 0.6) is 11.5 Å². The van der Waals surface area contributed by atoms with E-state index >= 15 is 0 Å². The standard InChI is InChI=1S/C22H16ClNO2/c1-26-16-9-6-14(7-10-16)22-18-11-8-15(23)12-20(18)24-13-19(22)17-4-2-3-5-21(17)25/h2-13,25H,1H3. The molecular formula is C22H16ClNO2. The summed E-state index contributed by atoms with van der Waals surface area (Å²) in [6, 6.07) is 20.8. The normalized spacial score (nSPS) is 10.8. The van der Waals surface area contributed by atoms with Gasteiger partial charge in [-0.05, 0) is 35.9 Å². The fourth-order valence-corrected chi connectivity index (χ4v) is 3.31. The Bertz CT molecular complexity index is 1090. The summed E-state index contributed by atoms with van der Waals surface area (Å²) in [4.78, 5) is 4.56. The molecule has 4 heteroatoms. The second kappa shape index (κ2) is 6.70. The number of ether oxygens (including phenoxy) is 1. The third kappa shape index (κ3) is 2.87. The van der Waals surface area contributed by atoms with Crippen molar-refractivity contribution in [2.45, 2.75) is 0 Å². The summed E-state index contributed by atoms with van der Waals surface area (Å²) in [5, 5.41) is 12.0. The number of para-hydroxylation sites is 1. The van der Waals surface area contributed by atoms with Crippen LogP contribution in [0, 0.1) is 0 Å². The van der Waals surface area contributed by atoms with Gasteiger partial charge in [0.1, 0.15) is 11.5 Å². The average molecular weight is 362 g/mol. The number of aromatic hydroxyl groups is 1. The number of pyridine rings is 1. The molecular weight excluding hydrogens is 346 g/mol. The van der Waals surface area contributed by atoms with E-state index < -0.39 is 0 Å². The molecule has 0 spiro atoms. The molecule has 0 aliphatic rings. The van der Waals surface area contributed by atoms with E-state index in [2.05, 4.69) is 4.98 Å². The Morgan fingerprint density at radius 1 is 0.923 bits per heavy atom. The topological polar surface area (TPSA) is 42.4 Å². The zero-order chi connectivity index (χ0) is 18.1. The zero-order valence-corrected chi connectivity index (χ0v) is 14.9. The Kier molecular flexibility index (Phi) is 4.23. The summed E-state index contributed by atoms with van der Waals surface area (Å²) in [7, 11) is 1.65. The minimum atomic E-state index is 0.220. The minimum absolute atomic E-state index is 0.220. The third-order valence-electron chi connectivity index (χ3n) is 4.40. The van der Waals surface area contributed by atoms with E-state index in [4.69, 9.17) is 16.3 Å². The summed E-state index contributed by atoms with van der Waals surface area (Å²) in [5.41, 5.74) is 4.42. The lowest BCUT2D eigenvalue weighted by Gasteiger charge is -2.15. The third-order valence-corrected chi connectivity index (χ3v) is 4.64. The molecule has 3 aromatic carbocycles. The van der Waals surface area contributed by atoms with Gasteiger partial charge in [0.25, 0.3) is 0 Å². The highest BCUT2D eigenvalue weighted by Crippen LogP contribution is 2.41. The number of halogens is 1. The maximum Gasteiger partial charge on any atom is 0.123 e. The predicted molar refractivity (Wildman–Crippen MR) is 106 cm³/mol. The quantitative estimate of drug-likeness (QED) is 0.491. The van der Waals surface area contributed by atoms with E-state index in [9.17, 15) is 5.11 Å². The van der Waals surface area contributed by atoms with E-state index in [0.29, 0.717) is 5.02 Å². The van der Waals surface area contributed by atoms with Crippen LogP contribution in [0.3, 0.4) is 0 Å². The lowest BCUT2D eigenvalue weighted by molar-refractivity contribution is 0.415. The molecule has 0 aliphatic carbocycles. The summed E-state index contributed by atoms with van der Waals surface area (Å²) >= 11 is 6.14. The summed E-state index contributed by atoms with van der Waals surface area (Å²) in [6.45, 7) is 0. The van der Waals surface area contributed by atoms with Gasteiger partial charge in [0.2, 0.25) is 0 Å². The summed E-state index contributed by atoms with van der Waals surface area (Å²) in [6.07, 6.45) is 1.79. The molecule has 0 aliphatic heterocycles. The molecule has 26 heavy (non-hydrogen) atoms. The van der Waals surface area contributed by atoms with Crippen LogP contribution in [-0.4, -0.2) is 17.2 Å². The smallest absolute Gasteiger partial charge is 0.123 e. The SMILES string of the molecule is COc1ccc(-c2c(-c3ccccc3O)cnc3cc(Cl)ccc23)cc1. The van der Waals surface area contributed by atoms with Crippen LogP contribution in [0.4, 0.5) is 0 Å². The Hall–Kier alpha value is -3.04. The van der Waals surface area contributed by atoms with Crippen molar-refractivity contribution < 1.29 is 9.84 Å². The first kappa shape index (κ1) is 16.4. The molecule has 0 saturated heterocycles. The number of nitrogens with zero attached hydrogens (tertiary/aromatic N) is 1. The van der Waals surface area contributed by atoms with Crippen LogP contribution in [0.15, 0.2) is 72.9 Å². The van der Waals surface area contributed by atoms with E-state index in [1.54, 1.807) is 25.4 Å². The molecule has 0 atom stereocenters. The number of hydrogen-bond donors (Lipinski definition) is 1. The van der Waals surface area contributed by atoms with Crippen LogP contribution in [0.25, 0.3) is 33.2 Å². The number of aromatic nitrogens is 1. The summed E-state index contributed by atoms with van der Waals surface area (Å²) < 4.78 is 5.27. The van der Waals surface area contributed by atoms with Crippen molar-refractivity contribution in [2.24, 2.45) is 0 Å². The molecule has 0 amide bonds. The molecule has 3 nitrogen and oxygen atoms in total. The Balaban J connectivity index is 2.05. The average Bonchev–Trinajstić information content (AvgIpc) is 2.67. The van der Waals surface area contributed by atoms with Gasteiger partial charge in [0, 0.05) is 33.3 Å². The molecule has 128 valence electrons. The fourth-order valence-electron chi connectivity index (χ4n) is 3.14. The molecule has 1 heterocycles. The van der Waals surface area contributed by atoms with Gasteiger partial charge in [-0.2, -0.15) is 0 Å². The first-order chi connectivity index (χ1) is 12.7. The van der Waals surface area contributed by atoms with Gasteiger partial charge in [-0.1, -0.05) is 48.0 Å². The minimum Gasteiger partial charge on any atom is -0.507 e. The van der Waals surface area contributed by atoms with Crippen molar-refractivity contribution in [3.63, 3.8) is 0 Å².